The Hall–Kier alpha value is -2.25. The summed E-state index contributed by atoms with van der Waals surface area (Å²) in [5.41, 5.74) is 3.26. The fourth-order valence-corrected chi connectivity index (χ4v) is 4.81. The monoisotopic (exact) mass is 484 g/mol. The molecule has 0 N–H and O–H groups in total. The summed E-state index contributed by atoms with van der Waals surface area (Å²) in [5, 5.41) is 0. The lowest BCUT2D eigenvalue weighted by molar-refractivity contribution is 0.0654. The minimum Gasteiger partial charge on any atom is -0.339 e. The van der Waals surface area contributed by atoms with E-state index in [-0.39, 0.29) is 17.7 Å². The first-order chi connectivity index (χ1) is 14.9. The molecule has 2 aliphatic rings. The van der Waals surface area contributed by atoms with Crippen LogP contribution in [0.15, 0.2) is 40.9 Å². The van der Waals surface area contributed by atoms with Gasteiger partial charge in [-0.25, -0.2) is 0 Å². The van der Waals surface area contributed by atoms with E-state index in [4.69, 9.17) is 4.98 Å². The van der Waals surface area contributed by atoms with E-state index < -0.39 is 0 Å². The molecule has 0 unspecified atom stereocenters. The van der Waals surface area contributed by atoms with Crippen molar-refractivity contribution >= 4 is 27.7 Å². The summed E-state index contributed by atoms with van der Waals surface area (Å²) < 4.78 is 0.907. The summed E-state index contributed by atoms with van der Waals surface area (Å²) in [4.78, 5) is 37.1. The molecular formula is C24H29BrN4O2. The molecule has 7 heteroatoms. The van der Waals surface area contributed by atoms with Gasteiger partial charge in [0.05, 0.1) is 11.3 Å². The molecule has 2 aromatic rings. The number of hydrogen-bond acceptors (Lipinski definition) is 4. The predicted molar refractivity (Wildman–Crippen MR) is 124 cm³/mol. The number of carbonyl (C=O) groups is 2. The van der Waals surface area contributed by atoms with Crippen molar-refractivity contribution in [3.8, 4) is 0 Å². The average molecular weight is 485 g/mol. The highest BCUT2D eigenvalue weighted by Crippen LogP contribution is 2.31. The number of amides is 2. The lowest BCUT2D eigenvalue weighted by Gasteiger charge is -2.35. The van der Waals surface area contributed by atoms with E-state index in [1.807, 2.05) is 53.1 Å². The van der Waals surface area contributed by atoms with E-state index in [0.717, 1.165) is 60.4 Å². The van der Waals surface area contributed by atoms with Crippen LogP contribution in [0.4, 0.5) is 0 Å². The highest BCUT2D eigenvalue weighted by Gasteiger charge is 2.30. The second-order valence-corrected chi connectivity index (χ2v) is 9.47. The number of aryl methyl sites for hydroxylation is 1. The number of nitrogens with zero attached hydrogens (tertiary/aromatic N) is 4. The van der Waals surface area contributed by atoms with Gasteiger partial charge in [-0.2, -0.15) is 0 Å². The van der Waals surface area contributed by atoms with Gasteiger partial charge in [0.2, 0.25) is 0 Å². The number of likely N-dealkylation sites (tertiary alicyclic amines) is 1. The van der Waals surface area contributed by atoms with Gasteiger partial charge >= 0.3 is 0 Å². The fraction of sp³-hybridized carbons (Fsp3) is 0.458. The number of piperidine rings is 1. The lowest BCUT2D eigenvalue weighted by atomic mass is 9.89. The van der Waals surface area contributed by atoms with Gasteiger partial charge in [0.25, 0.3) is 11.8 Å². The second kappa shape index (κ2) is 9.49. The molecule has 164 valence electrons. The van der Waals surface area contributed by atoms with E-state index in [1.165, 1.54) is 0 Å². The molecule has 1 aromatic carbocycles. The molecular weight excluding hydrogens is 456 g/mol. The van der Waals surface area contributed by atoms with E-state index in [9.17, 15) is 9.59 Å². The van der Waals surface area contributed by atoms with Crippen LogP contribution in [0.2, 0.25) is 0 Å². The topological polar surface area (TPSA) is 56.8 Å². The zero-order valence-corrected chi connectivity index (χ0v) is 19.8. The summed E-state index contributed by atoms with van der Waals surface area (Å²) >= 11 is 3.44. The zero-order chi connectivity index (χ0) is 22.0. The third-order valence-corrected chi connectivity index (χ3v) is 6.82. The molecule has 2 fully saturated rings. The number of pyridine rings is 1. The summed E-state index contributed by atoms with van der Waals surface area (Å²) in [5.74, 6) is 0.340. The van der Waals surface area contributed by atoms with Crippen LogP contribution in [-0.2, 0) is 0 Å². The number of piperazine rings is 1. The minimum atomic E-state index is 0.0608. The van der Waals surface area contributed by atoms with E-state index in [2.05, 4.69) is 27.9 Å². The average Bonchev–Trinajstić information content (AvgIpc) is 2.79. The highest BCUT2D eigenvalue weighted by molar-refractivity contribution is 9.10. The van der Waals surface area contributed by atoms with E-state index in [1.54, 1.807) is 0 Å². The maximum absolute atomic E-state index is 13.3. The van der Waals surface area contributed by atoms with Crippen molar-refractivity contribution in [2.24, 2.45) is 0 Å². The van der Waals surface area contributed by atoms with Crippen molar-refractivity contribution in [1.82, 2.24) is 19.7 Å². The quantitative estimate of drug-likeness (QED) is 0.668. The molecule has 4 rings (SSSR count). The molecule has 0 saturated carbocycles. The van der Waals surface area contributed by atoms with Crippen molar-refractivity contribution in [1.29, 1.82) is 0 Å². The van der Waals surface area contributed by atoms with Crippen LogP contribution in [0, 0.1) is 6.92 Å². The molecule has 2 amide bonds. The van der Waals surface area contributed by atoms with Gasteiger partial charge in [-0.3, -0.25) is 14.6 Å². The fourth-order valence-electron chi connectivity index (χ4n) is 4.41. The lowest BCUT2D eigenvalue weighted by Crippen LogP contribution is -2.47. The Kier molecular flexibility index (Phi) is 6.72. The van der Waals surface area contributed by atoms with Gasteiger partial charge in [-0.15, -0.1) is 0 Å². The molecule has 31 heavy (non-hydrogen) atoms. The van der Waals surface area contributed by atoms with Gasteiger partial charge in [0.1, 0.15) is 0 Å². The zero-order valence-electron chi connectivity index (χ0n) is 18.2. The van der Waals surface area contributed by atoms with Crippen LogP contribution in [-0.4, -0.2) is 77.8 Å². The van der Waals surface area contributed by atoms with Gasteiger partial charge in [-0.05, 0) is 57.1 Å². The molecule has 0 spiro atoms. The van der Waals surface area contributed by atoms with E-state index >= 15 is 0 Å². The SMILES string of the molecule is Cc1ccc(C(=O)N2CCN(C)CC2)c(C2CCN(C(=O)c3cccc(Br)c3)CC2)n1. The molecule has 0 aliphatic carbocycles. The van der Waals surface area contributed by atoms with Gasteiger partial charge in [0.15, 0.2) is 0 Å². The summed E-state index contributed by atoms with van der Waals surface area (Å²) in [7, 11) is 2.09. The molecule has 0 radical (unpaired) electrons. The van der Waals surface area contributed by atoms with Crippen LogP contribution in [0.25, 0.3) is 0 Å². The van der Waals surface area contributed by atoms with Crippen molar-refractivity contribution < 1.29 is 9.59 Å². The number of carbonyl (C=O) groups excluding carboxylic acids is 2. The van der Waals surface area contributed by atoms with Gasteiger partial charge < -0.3 is 14.7 Å². The minimum absolute atomic E-state index is 0.0608. The number of benzene rings is 1. The Labute approximate surface area is 192 Å². The Morgan fingerprint density at radius 3 is 2.29 bits per heavy atom. The van der Waals surface area contributed by atoms with Crippen molar-refractivity contribution in [3.63, 3.8) is 0 Å². The van der Waals surface area contributed by atoms with Crippen LogP contribution < -0.4 is 0 Å². The largest absolute Gasteiger partial charge is 0.339 e. The maximum atomic E-state index is 13.3. The second-order valence-electron chi connectivity index (χ2n) is 8.56. The Balaban J connectivity index is 1.47. The molecule has 6 nitrogen and oxygen atoms in total. The molecule has 0 atom stereocenters. The van der Waals surface area contributed by atoms with Crippen molar-refractivity contribution in [2.45, 2.75) is 25.7 Å². The standard InChI is InChI=1S/C24H29BrN4O2/c1-17-6-7-21(24(31)29-14-12-27(2)13-15-29)22(26-17)18-8-10-28(11-9-18)23(30)19-4-3-5-20(25)16-19/h3-7,16,18H,8-15H2,1-2H3. The molecule has 0 bridgehead atoms. The normalized spacial score (nSPS) is 18.3. The number of rotatable bonds is 3. The first kappa shape index (κ1) is 22.0. The Bertz CT molecular complexity index is 964. The number of halogens is 1. The molecule has 2 aliphatic heterocycles. The molecule has 1 aromatic heterocycles. The summed E-state index contributed by atoms with van der Waals surface area (Å²) in [6.07, 6.45) is 1.64. The number of likely N-dealkylation sites (N-methyl/N-ethyl adjacent to an activating group) is 1. The van der Waals surface area contributed by atoms with Crippen molar-refractivity contribution in [2.75, 3.05) is 46.3 Å². The molecule has 2 saturated heterocycles. The smallest absolute Gasteiger partial charge is 0.255 e. The highest BCUT2D eigenvalue weighted by atomic mass is 79.9. The van der Waals surface area contributed by atoms with Crippen LogP contribution >= 0.6 is 15.9 Å². The maximum Gasteiger partial charge on any atom is 0.255 e. The Morgan fingerprint density at radius 2 is 1.61 bits per heavy atom. The van der Waals surface area contributed by atoms with E-state index in [0.29, 0.717) is 18.7 Å². The third-order valence-electron chi connectivity index (χ3n) is 6.33. The van der Waals surface area contributed by atoms with Crippen LogP contribution in [0.1, 0.15) is 50.9 Å². The number of aromatic nitrogens is 1. The first-order valence-corrected chi connectivity index (χ1v) is 11.7. The van der Waals surface area contributed by atoms with Crippen LogP contribution in [0.3, 0.4) is 0 Å². The summed E-state index contributed by atoms with van der Waals surface area (Å²) in [6.45, 7) is 6.62. The molecule has 3 heterocycles. The van der Waals surface area contributed by atoms with Gasteiger partial charge in [-0.1, -0.05) is 22.0 Å². The Morgan fingerprint density at radius 1 is 0.935 bits per heavy atom. The van der Waals surface area contributed by atoms with Crippen LogP contribution in [0.5, 0.6) is 0 Å². The third kappa shape index (κ3) is 4.99. The first-order valence-electron chi connectivity index (χ1n) is 10.9. The predicted octanol–water partition coefficient (Wildman–Crippen LogP) is 3.56. The summed E-state index contributed by atoms with van der Waals surface area (Å²) in [6, 6.07) is 11.4. The van der Waals surface area contributed by atoms with Gasteiger partial charge in [0, 0.05) is 60.9 Å². The van der Waals surface area contributed by atoms with Crippen molar-refractivity contribution in [3.05, 3.63) is 63.4 Å². The number of hydrogen-bond donors (Lipinski definition) is 0.